The molecule has 0 saturated carbocycles. The fourth-order valence-electron chi connectivity index (χ4n) is 2.87. The molecule has 0 atom stereocenters. The molecule has 1 aromatic carbocycles. The van der Waals surface area contributed by atoms with Crippen LogP contribution in [0.15, 0.2) is 53.8 Å². The van der Waals surface area contributed by atoms with Crippen LogP contribution in [0.3, 0.4) is 0 Å². The summed E-state index contributed by atoms with van der Waals surface area (Å²) in [5.41, 5.74) is -0.641. The van der Waals surface area contributed by atoms with Gasteiger partial charge in [-0.1, -0.05) is 6.07 Å². The number of para-hydroxylation sites is 1. The Morgan fingerprint density at radius 1 is 1.17 bits per heavy atom. The Morgan fingerprint density at radius 3 is 2.67 bits per heavy atom. The lowest BCUT2D eigenvalue weighted by molar-refractivity contribution is -0.137. The Hall–Kier alpha value is -3.48. The largest absolute Gasteiger partial charge is 0.416 e. The van der Waals surface area contributed by atoms with Crippen molar-refractivity contribution >= 4 is 26.6 Å². The van der Waals surface area contributed by atoms with Crippen molar-refractivity contribution in [2.75, 3.05) is 4.72 Å². The lowest BCUT2D eigenvalue weighted by atomic mass is 10.2. The molecule has 0 bridgehead atoms. The number of aryl methyl sites for hydroxylation is 1. The van der Waals surface area contributed by atoms with Gasteiger partial charge in [0.2, 0.25) is 5.95 Å². The first-order chi connectivity index (χ1) is 14.1. The van der Waals surface area contributed by atoms with Crippen molar-refractivity contribution in [3.05, 3.63) is 60.4 Å². The molecular formula is C17H12F4N6O2S. The summed E-state index contributed by atoms with van der Waals surface area (Å²) < 4.78 is 82.4. The van der Waals surface area contributed by atoms with Crippen LogP contribution in [-0.2, 0) is 23.2 Å². The van der Waals surface area contributed by atoms with Gasteiger partial charge >= 0.3 is 6.18 Å². The summed E-state index contributed by atoms with van der Waals surface area (Å²) in [5.74, 6) is -0.959. The van der Waals surface area contributed by atoms with Crippen LogP contribution in [0.2, 0.25) is 0 Å². The van der Waals surface area contributed by atoms with E-state index in [9.17, 15) is 26.0 Å². The SMILES string of the molecule is Cn1nc(F)c2cccc(NS(=O)(=O)c3cnn(-c4cc(C(F)(F)F)ccn4)c3)c21. The third-order valence-corrected chi connectivity index (χ3v) is 5.56. The quantitative estimate of drug-likeness (QED) is 0.492. The van der Waals surface area contributed by atoms with Crippen LogP contribution in [-0.4, -0.2) is 33.0 Å². The molecule has 0 unspecified atom stereocenters. The Kier molecular flexibility index (Phi) is 4.49. The highest BCUT2D eigenvalue weighted by Crippen LogP contribution is 2.30. The van der Waals surface area contributed by atoms with Gasteiger partial charge in [-0.05, 0) is 24.3 Å². The minimum atomic E-state index is -4.58. The van der Waals surface area contributed by atoms with Crippen LogP contribution in [0.1, 0.15) is 5.56 Å². The normalized spacial score (nSPS) is 12.4. The van der Waals surface area contributed by atoms with Gasteiger partial charge in [-0.2, -0.15) is 22.7 Å². The predicted molar refractivity (Wildman–Crippen MR) is 97.8 cm³/mol. The second-order valence-corrected chi connectivity index (χ2v) is 7.93. The molecule has 0 aliphatic carbocycles. The van der Waals surface area contributed by atoms with E-state index in [-0.39, 0.29) is 27.3 Å². The van der Waals surface area contributed by atoms with Crippen molar-refractivity contribution in [1.29, 1.82) is 0 Å². The van der Waals surface area contributed by atoms with Gasteiger partial charge in [-0.25, -0.2) is 18.1 Å². The van der Waals surface area contributed by atoms with Crippen LogP contribution < -0.4 is 4.72 Å². The van der Waals surface area contributed by atoms with E-state index >= 15 is 0 Å². The Balaban J connectivity index is 1.69. The van der Waals surface area contributed by atoms with Gasteiger partial charge in [0.25, 0.3) is 10.0 Å². The number of sulfonamides is 1. The average molecular weight is 440 g/mol. The van der Waals surface area contributed by atoms with Gasteiger partial charge < -0.3 is 0 Å². The first-order valence-corrected chi connectivity index (χ1v) is 9.77. The molecule has 3 aromatic heterocycles. The zero-order chi connectivity index (χ0) is 21.7. The van der Waals surface area contributed by atoms with Crippen LogP contribution in [0.4, 0.5) is 23.2 Å². The van der Waals surface area contributed by atoms with Gasteiger partial charge in [0.15, 0.2) is 5.82 Å². The maximum absolute atomic E-state index is 13.8. The average Bonchev–Trinajstić information content (AvgIpc) is 3.28. The molecule has 0 saturated heterocycles. The number of hydrogen-bond acceptors (Lipinski definition) is 5. The lowest BCUT2D eigenvalue weighted by Crippen LogP contribution is -2.13. The molecule has 13 heteroatoms. The zero-order valence-electron chi connectivity index (χ0n) is 15.1. The molecule has 3 heterocycles. The lowest BCUT2D eigenvalue weighted by Gasteiger charge is -2.09. The van der Waals surface area contributed by atoms with E-state index in [0.29, 0.717) is 0 Å². The third-order valence-electron chi connectivity index (χ3n) is 4.24. The van der Waals surface area contributed by atoms with E-state index in [1.165, 1.54) is 29.9 Å². The minimum absolute atomic E-state index is 0.0799. The summed E-state index contributed by atoms with van der Waals surface area (Å²) in [6.07, 6.45) is -1.65. The molecular weight excluding hydrogens is 428 g/mol. The van der Waals surface area contributed by atoms with E-state index in [4.69, 9.17) is 0 Å². The standard InChI is InChI=1S/C17H12F4N6O2S/c1-26-15-12(16(18)24-26)3-2-4-13(15)25-30(28,29)11-8-23-27(9-11)14-7-10(5-6-22-14)17(19,20)21/h2-9,25H,1H3. The molecule has 0 radical (unpaired) electrons. The minimum Gasteiger partial charge on any atom is -0.277 e. The highest BCUT2D eigenvalue weighted by molar-refractivity contribution is 7.92. The Labute approximate surface area is 166 Å². The molecule has 30 heavy (non-hydrogen) atoms. The Morgan fingerprint density at radius 2 is 1.93 bits per heavy atom. The number of fused-ring (bicyclic) bond motifs is 1. The number of rotatable bonds is 4. The number of nitrogens with one attached hydrogen (secondary N) is 1. The first-order valence-electron chi connectivity index (χ1n) is 8.28. The fraction of sp³-hybridized carbons (Fsp3) is 0.118. The van der Waals surface area contributed by atoms with E-state index in [1.807, 2.05) is 0 Å². The zero-order valence-corrected chi connectivity index (χ0v) is 15.9. The number of alkyl halides is 3. The third kappa shape index (κ3) is 3.47. The van der Waals surface area contributed by atoms with Crippen molar-refractivity contribution in [3.63, 3.8) is 0 Å². The second kappa shape index (κ2) is 6.79. The number of pyridine rings is 1. The molecule has 0 aliphatic heterocycles. The molecule has 4 aromatic rings. The van der Waals surface area contributed by atoms with Crippen LogP contribution in [0.25, 0.3) is 16.7 Å². The molecule has 0 fully saturated rings. The number of halogens is 4. The summed E-state index contributed by atoms with van der Waals surface area (Å²) in [6.45, 7) is 0. The van der Waals surface area contributed by atoms with Gasteiger partial charge in [-0.3, -0.25) is 9.40 Å². The van der Waals surface area contributed by atoms with Gasteiger partial charge in [0, 0.05) is 13.2 Å². The monoisotopic (exact) mass is 440 g/mol. The number of anilines is 1. The number of aromatic nitrogens is 5. The summed E-state index contributed by atoms with van der Waals surface area (Å²) in [4.78, 5) is 3.47. The van der Waals surface area contributed by atoms with Gasteiger partial charge in [0.05, 0.1) is 34.5 Å². The fourth-order valence-corrected chi connectivity index (χ4v) is 3.87. The van der Waals surface area contributed by atoms with E-state index in [1.54, 1.807) is 0 Å². The Bertz CT molecular complexity index is 1360. The van der Waals surface area contributed by atoms with E-state index in [2.05, 4.69) is 19.9 Å². The number of benzene rings is 1. The molecule has 4 rings (SSSR count). The molecule has 0 amide bonds. The van der Waals surface area contributed by atoms with Gasteiger partial charge in [0.1, 0.15) is 4.90 Å². The van der Waals surface area contributed by atoms with Crippen LogP contribution >= 0.6 is 0 Å². The first kappa shape index (κ1) is 19.8. The number of nitrogens with zero attached hydrogens (tertiary/aromatic N) is 5. The van der Waals surface area contributed by atoms with E-state index < -0.39 is 27.7 Å². The summed E-state index contributed by atoms with van der Waals surface area (Å²) in [5, 5.41) is 7.54. The smallest absolute Gasteiger partial charge is 0.277 e. The summed E-state index contributed by atoms with van der Waals surface area (Å²) in [6, 6.07) is 5.88. The molecule has 0 aliphatic rings. The summed E-state index contributed by atoms with van der Waals surface area (Å²) >= 11 is 0. The van der Waals surface area contributed by atoms with Crippen molar-refractivity contribution in [1.82, 2.24) is 24.5 Å². The highest BCUT2D eigenvalue weighted by atomic mass is 32.2. The van der Waals surface area contributed by atoms with Crippen LogP contribution in [0, 0.1) is 5.95 Å². The molecule has 0 spiro atoms. The summed E-state index contributed by atoms with van der Waals surface area (Å²) in [7, 11) is -2.73. The van der Waals surface area contributed by atoms with Gasteiger partial charge in [-0.15, -0.1) is 5.10 Å². The van der Waals surface area contributed by atoms with Crippen molar-refractivity contribution < 1.29 is 26.0 Å². The highest BCUT2D eigenvalue weighted by Gasteiger charge is 2.31. The second-order valence-electron chi connectivity index (χ2n) is 6.24. The van der Waals surface area contributed by atoms with Crippen molar-refractivity contribution in [3.8, 4) is 5.82 Å². The molecule has 8 nitrogen and oxygen atoms in total. The maximum atomic E-state index is 13.8. The molecule has 156 valence electrons. The maximum Gasteiger partial charge on any atom is 0.416 e. The number of hydrogen-bond donors (Lipinski definition) is 1. The predicted octanol–water partition coefficient (Wildman–Crippen LogP) is 3.11. The van der Waals surface area contributed by atoms with Crippen molar-refractivity contribution in [2.24, 2.45) is 7.05 Å². The van der Waals surface area contributed by atoms with Crippen LogP contribution in [0.5, 0.6) is 0 Å². The van der Waals surface area contributed by atoms with Crippen molar-refractivity contribution in [2.45, 2.75) is 11.1 Å². The topological polar surface area (TPSA) is 94.7 Å². The molecule has 1 N–H and O–H groups in total. The van der Waals surface area contributed by atoms with E-state index in [0.717, 1.165) is 35.4 Å².